The molecular weight excluding hydrogens is 172 g/mol. The maximum absolute atomic E-state index is 10.7. The molecule has 2 N–H and O–H groups in total. The van der Waals surface area contributed by atoms with E-state index in [1.165, 1.54) is 12.5 Å². The topological polar surface area (TPSA) is 50.4 Å². The van der Waals surface area contributed by atoms with Crippen molar-refractivity contribution in [1.29, 1.82) is 0 Å². The molecule has 0 aromatic heterocycles. The molecular formula is C7H14N2O2Si. The van der Waals surface area contributed by atoms with Crippen molar-refractivity contribution in [3.8, 4) is 0 Å². The van der Waals surface area contributed by atoms with E-state index in [1.54, 1.807) is 0 Å². The van der Waals surface area contributed by atoms with Gasteiger partial charge in [-0.2, -0.15) is 0 Å². The lowest BCUT2D eigenvalue weighted by molar-refractivity contribution is -0.117. The average Bonchev–Trinajstić information content (AvgIpc) is 2.16. The van der Waals surface area contributed by atoms with E-state index in [9.17, 15) is 4.79 Å². The van der Waals surface area contributed by atoms with Crippen LogP contribution >= 0.6 is 0 Å². The van der Waals surface area contributed by atoms with E-state index in [2.05, 4.69) is 17.1 Å². The fourth-order valence-electron chi connectivity index (χ4n) is 1.06. The highest BCUT2D eigenvalue weighted by Crippen LogP contribution is 2.07. The highest BCUT2D eigenvalue weighted by Gasteiger charge is 2.15. The number of amides is 1. The normalized spacial score (nSPS) is 23.2. The van der Waals surface area contributed by atoms with Crippen molar-refractivity contribution in [3.05, 3.63) is 12.7 Å². The molecule has 1 atom stereocenters. The van der Waals surface area contributed by atoms with Gasteiger partial charge >= 0.3 is 0 Å². The molecule has 1 unspecified atom stereocenters. The molecule has 0 radical (unpaired) electrons. The summed E-state index contributed by atoms with van der Waals surface area (Å²) in [4.78, 5) is 10.7. The van der Waals surface area contributed by atoms with Crippen molar-refractivity contribution in [3.63, 3.8) is 0 Å². The number of hydrogen-bond donors (Lipinski definition) is 2. The molecule has 12 heavy (non-hydrogen) atoms. The highest BCUT2D eigenvalue weighted by atomic mass is 28.3. The average molecular weight is 186 g/mol. The van der Waals surface area contributed by atoms with Crippen LogP contribution < -0.4 is 10.5 Å². The van der Waals surface area contributed by atoms with Crippen LogP contribution in [-0.4, -0.2) is 21.7 Å². The summed E-state index contributed by atoms with van der Waals surface area (Å²) >= 11 is 0. The van der Waals surface area contributed by atoms with E-state index in [0.717, 1.165) is 19.1 Å². The van der Waals surface area contributed by atoms with Crippen LogP contribution in [0.1, 0.15) is 12.8 Å². The minimum absolute atomic E-state index is 0.198. The Bertz CT molecular complexity index is 169. The van der Waals surface area contributed by atoms with Gasteiger partial charge in [-0.3, -0.25) is 10.2 Å². The van der Waals surface area contributed by atoms with E-state index in [4.69, 9.17) is 4.43 Å². The van der Waals surface area contributed by atoms with Crippen molar-refractivity contribution >= 4 is 15.1 Å². The lowest BCUT2D eigenvalue weighted by atomic mass is 10.4. The van der Waals surface area contributed by atoms with Crippen LogP contribution in [0.3, 0.4) is 0 Å². The smallest absolute Gasteiger partial charge is 0.269 e. The number of rotatable bonds is 3. The SMILES string of the molecule is C=CC(=O)NN[SiH]1CCCCO1. The minimum Gasteiger partial charge on any atom is -0.404 e. The summed E-state index contributed by atoms with van der Waals surface area (Å²) in [6.45, 7) is 4.17. The monoisotopic (exact) mass is 186 g/mol. The van der Waals surface area contributed by atoms with E-state index in [1.807, 2.05) is 0 Å². The standard InChI is InChI=1S/C7H14N2O2Si/c1-2-7(10)8-9-12-6-4-3-5-11-12/h2,9,12H,1,3-6H2,(H,8,10). The zero-order valence-corrected chi connectivity index (χ0v) is 8.16. The molecule has 68 valence electrons. The van der Waals surface area contributed by atoms with Crippen LogP contribution in [0.15, 0.2) is 12.7 Å². The number of hydrazine groups is 1. The van der Waals surface area contributed by atoms with Gasteiger partial charge in [0, 0.05) is 6.61 Å². The summed E-state index contributed by atoms with van der Waals surface area (Å²) in [5.41, 5.74) is 2.53. The van der Waals surface area contributed by atoms with Crippen LogP contribution in [0.25, 0.3) is 0 Å². The van der Waals surface area contributed by atoms with Gasteiger partial charge in [-0.25, -0.2) is 5.09 Å². The summed E-state index contributed by atoms with van der Waals surface area (Å²) in [7, 11) is -1.33. The van der Waals surface area contributed by atoms with Gasteiger partial charge in [0.25, 0.3) is 15.1 Å². The van der Waals surface area contributed by atoms with Gasteiger partial charge in [0.15, 0.2) is 0 Å². The van der Waals surface area contributed by atoms with Gasteiger partial charge in [-0.1, -0.05) is 13.0 Å². The van der Waals surface area contributed by atoms with Crippen molar-refractivity contribution in [1.82, 2.24) is 10.5 Å². The second-order valence-electron chi connectivity index (χ2n) is 2.69. The van der Waals surface area contributed by atoms with E-state index < -0.39 is 9.20 Å². The Morgan fingerprint density at radius 3 is 3.00 bits per heavy atom. The number of carbonyl (C=O) groups excluding carboxylic acids is 1. The first-order chi connectivity index (χ1) is 5.83. The second-order valence-corrected chi connectivity index (χ2v) is 4.87. The van der Waals surface area contributed by atoms with Gasteiger partial charge in [0.2, 0.25) is 0 Å². The molecule has 0 saturated carbocycles. The lowest BCUT2D eigenvalue weighted by Gasteiger charge is -2.21. The summed E-state index contributed by atoms with van der Waals surface area (Å²) in [6, 6.07) is 1.08. The fourth-order valence-corrected chi connectivity index (χ4v) is 2.87. The molecule has 0 aromatic rings. The molecule has 1 amide bonds. The van der Waals surface area contributed by atoms with Crippen LogP contribution in [0.5, 0.6) is 0 Å². The highest BCUT2D eigenvalue weighted by molar-refractivity contribution is 6.49. The Morgan fingerprint density at radius 2 is 2.42 bits per heavy atom. The van der Waals surface area contributed by atoms with E-state index >= 15 is 0 Å². The molecule has 1 aliphatic heterocycles. The maximum atomic E-state index is 10.7. The third-order valence-corrected chi connectivity index (χ3v) is 3.76. The van der Waals surface area contributed by atoms with E-state index in [-0.39, 0.29) is 5.91 Å². The number of hydrogen-bond acceptors (Lipinski definition) is 3. The van der Waals surface area contributed by atoms with Gasteiger partial charge in [-0.05, 0) is 18.5 Å². The maximum Gasteiger partial charge on any atom is 0.269 e. The Morgan fingerprint density at radius 1 is 1.58 bits per heavy atom. The second kappa shape index (κ2) is 5.07. The first-order valence-corrected chi connectivity index (χ1v) is 5.99. The molecule has 1 rings (SSSR count). The molecule has 1 aliphatic rings. The van der Waals surface area contributed by atoms with Gasteiger partial charge < -0.3 is 4.43 Å². The van der Waals surface area contributed by atoms with Crippen molar-refractivity contribution in [2.45, 2.75) is 18.9 Å². The van der Waals surface area contributed by atoms with Gasteiger partial charge in [0.1, 0.15) is 0 Å². The zero-order chi connectivity index (χ0) is 8.81. The predicted molar refractivity (Wildman–Crippen MR) is 48.6 cm³/mol. The van der Waals surface area contributed by atoms with Crippen LogP contribution in [-0.2, 0) is 9.22 Å². The lowest BCUT2D eigenvalue weighted by Crippen LogP contribution is -2.49. The van der Waals surface area contributed by atoms with Crippen molar-refractivity contribution in [2.24, 2.45) is 0 Å². The summed E-state index contributed by atoms with van der Waals surface area (Å²) in [5, 5.41) is 2.92. The summed E-state index contributed by atoms with van der Waals surface area (Å²) in [5.74, 6) is -0.198. The molecule has 4 nitrogen and oxygen atoms in total. The van der Waals surface area contributed by atoms with Gasteiger partial charge in [0.05, 0.1) is 0 Å². The molecule has 0 aliphatic carbocycles. The molecule has 1 saturated heterocycles. The molecule has 0 spiro atoms. The Labute approximate surface area is 73.8 Å². The largest absolute Gasteiger partial charge is 0.404 e. The quantitative estimate of drug-likeness (QED) is 0.365. The first kappa shape index (κ1) is 9.44. The molecule has 0 bridgehead atoms. The third kappa shape index (κ3) is 3.16. The zero-order valence-electron chi connectivity index (χ0n) is 7.01. The Kier molecular flexibility index (Phi) is 3.99. The minimum atomic E-state index is -1.33. The summed E-state index contributed by atoms with van der Waals surface area (Å²) < 4.78 is 5.45. The van der Waals surface area contributed by atoms with E-state index in [0.29, 0.717) is 0 Å². The molecule has 1 heterocycles. The van der Waals surface area contributed by atoms with Crippen LogP contribution in [0.4, 0.5) is 0 Å². The van der Waals surface area contributed by atoms with Crippen molar-refractivity contribution in [2.75, 3.05) is 6.61 Å². The molecule has 0 aromatic carbocycles. The van der Waals surface area contributed by atoms with Crippen LogP contribution in [0.2, 0.25) is 6.04 Å². The molecule has 5 heteroatoms. The van der Waals surface area contributed by atoms with Crippen LogP contribution in [0, 0.1) is 0 Å². The van der Waals surface area contributed by atoms with Crippen molar-refractivity contribution < 1.29 is 9.22 Å². The Balaban J connectivity index is 2.12. The molecule has 1 fully saturated rings. The first-order valence-electron chi connectivity index (χ1n) is 4.12. The summed E-state index contributed by atoms with van der Waals surface area (Å²) in [6.07, 6.45) is 3.58. The third-order valence-electron chi connectivity index (χ3n) is 1.72. The number of carbonyl (C=O) groups is 1. The number of nitrogens with one attached hydrogen (secondary N) is 2. The predicted octanol–water partition coefficient (Wildman–Crippen LogP) is -0.176. The fraction of sp³-hybridized carbons (Fsp3) is 0.571. The van der Waals surface area contributed by atoms with Gasteiger partial charge in [-0.15, -0.1) is 0 Å². The Hall–Kier alpha value is -0.653.